The minimum Gasteiger partial charge on any atom is -0.349 e. The Labute approximate surface area is 213 Å². The first-order valence-electron chi connectivity index (χ1n) is 12.3. The van der Waals surface area contributed by atoms with Crippen LogP contribution in [0.5, 0.6) is 0 Å². The summed E-state index contributed by atoms with van der Waals surface area (Å²) in [6.45, 7) is 2.60. The van der Waals surface area contributed by atoms with E-state index >= 15 is 0 Å². The van der Waals surface area contributed by atoms with Gasteiger partial charge in [0.05, 0.1) is 29.5 Å². The van der Waals surface area contributed by atoms with Crippen molar-refractivity contribution in [3.63, 3.8) is 0 Å². The van der Waals surface area contributed by atoms with Crippen molar-refractivity contribution in [2.75, 3.05) is 25.0 Å². The van der Waals surface area contributed by atoms with Gasteiger partial charge >= 0.3 is 6.18 Å². The van der Waals surface area contributed by atoms with Gasteiger partial charge in [-0.25, -0.2) is 0 Å². The lowest BCUT2D eigenvalue weighted by Crippen LogP contribution is -2.63. The molecule has 1 aromatic carbocycles. The van der Waals surface area contributed by atoms with E-state index in [9.17, 15) is 27.6 Å². The van der Waals surface area contributed by atoms with Gasteiger partial charge in [0.25, 0.3) is 5.91 Å². The molecule has 8 nitrogen and oxygen atoms in total. The molecule has 1 aliphatic carbocycles. The Morgan fingerprint density at radius 3 is 2.46 bits per heavy atom. The number of amides is 3. The molecule has 1 aliphatic heterocycles. The fourth-order valence-corrected chi connectivity index (χ4v) is 5.03. The summed E-state index contributed by atoms with van der Waals surface area (Å²) in [5.41, 5.74) is 0.631. The Bertz CT molecular complexity index is 1140. The number of anilines is 1. The van der Waals surface area contributed by atoms with Gasteiger partial charge in [0.2, 0.25) is 11.8 Å². The highest BCUT2D eigenvalue weighted by atomic mass is 19.4. The smallest absolute Gasteiger partial charge is 0.349 e. The highest BCUT2D eigenvalue weighted by molar-refractivity contribution is 5.96. The number of carbonyl (C=O) groups excluding carboxylic acids is 3. The molecule has 1 saturated heterocycles. The molecule has 198 valence electrons. The predicted molar refractivity (Wildman–Crippen MR) is 131 cm³/mol. The molecule has 0 spiro atoms. The number of hydrogen-bond acceptors (Lipinski definition) is 5. The first-order chi connectivity index (χ1) is 17.6. The number of aromatic nitrogens is 1. The van der Waals surface area contributed by atoms with Gasteiger partial charge in [0.15, 0.2) is 0 Å². The molecule has 3 amide bonds. The summed E-state index contributed by atoms with van der Waals surface area (Å²) >= 11 is 0. The summed E-state index contributed by atoms with van der Waals surface area (Å²) in [6.07, 6.45) is 1.12. The van der Waals surface area contributed by atoms with E-state index in [0.29, 0.717) is 19.1 Å². The van der Waals surface area contributed by atoms with E-state index in [0.717, 1.165) is 55.3 Å². The molecule has 37 heavy (non-hydrogen) atoms. The van der Waals surface area contributed by atoms with Crippen LogP contribution in [-0.2, 0) is 15.8 Å². The van der Waals surface area contributed by atoms with Crippen LogP contribution in [0.15, 0.2) is 42.6 Å². The molecule has 4 rings (SSSR count). The Balaban J connectivity index is 1.18. The molecule has 0 bridgehead atoms. The predicted octanol–water partition coefficient (Wildman–Crippen LogP) is 3.32. The van der Waals surface area contributed by atoms with Crippen LogP contribution in [0, 0.1) is 0 Å². The summed E-state index contributed by atoms with van der Waals surface area (Å²) in [5, 5.41) is 8.10. The van der Waals surface area contributed by atoms with Crippen molar-refractivity contribution < 1.29 is 27.6 Å². The Kier molecular flexibility index (Phi) is 8.11. The Hall–Kier alpha value is -3.47. The number of halogens is 3. The molecule has 1 saturated carbocycles. The second-order valence-electron chi connectivity index (χ2n) is 9.60. The maximum atomic E-state index is 12.8. The zero-order valence-electron chi connectivity index (χ0n) is 20.5. The van der Waals surface area contributed by atoms with Crippen molar-refractivity contribution in [3.05, 3.63) is 59.4 Å². The molecule has 0 radical (unpaired) electrons. The van der Waals surface area contributed by atoms with Crippen LogP contribution >= 0.6 is 0 Å². The zero-order valence-corrected chi connectivity index (χ0v) is 20.5. The van der Waals surface area contributed by atoms with Gasteiger partial charge in [-0.05, 0) is 56.0 Å². The lowest BCUT2D eigenvalue weighted by Gasteiger charge is -2.46. The molecule has 3 N–H and O–H groups in total. The molecule has 1 aromatic heterocycles. The van der Waals surface area contributed by atoms with Gasteiger partial charge in [-0.2, -0.15) is 13.2 Å². The topological polar surface area (TPSA) is 103 Å². The monoisotopic (exact) mass is 517 g/mol. The lowest BCUT2D eigenvalue weighted by molar-refractivity contribution is -0.137. The number of alkyl halides is 3. The lowest BCUT2D eigenvalue weighted by atomic mass is 9.81. The minimum absolute atomic E-state index is 0.0298. The van der Waals surface area contributed by atoms with Gasteiger partial charge in [0, 0.05) is 43.7 Å². The van der Waals surface area contributed by atoms with Gasteiger partial charge in [-0.15, -0.1) is 0 Å². The van der Waals surface area contributed by atoms with Crippen LogP contribution in [0.2, 0.25) is 0 Å². The molecule has 2 heterocycles. The Morgan fingerprint density at radius 2 is 1.78 bits per heavy atom. The van der Waals surface area contributed by atoms with E-state index in [1.165, 1.54) is 13.0 Å². The van der Waals surface area contributed by atoms with E-state index < -0.39 is 17.6 Å². The SMILES string of the molecule is CC(=O)Nc1cccnc1[C@H]1CC[C@@H](N2CC(NC(=O)CNC(=O)c3cccc(C(F)(F)F)c3)C2)CC1. The summed E-state index contributed by atoms with van der Waals surface area (Å²) in [6, 6.07) is 8.16. The number of pyridine rings is 1. The molecule has 11 heteroatoms. The second-order valence-corrected chi connectivity index (χ2v) is 9.60. The number of carbonyl (C=O) groups is 3. The first-order valence-corrected chi connectivity index (χ1v) is 12.3. The van der Waals surface area contributed by atoms with Gasteiger partial charge in [0.1, 0.15) is 0 Å². The summed E-state index contributed by atoms with van der Waals surface area (Å²) in [5.74, 6) is -0.944. The molecule has 0 atom stereocenters. The average molecular weight is 518 g/mol. The van der Waals surface area contributed by atoms with Gasteiger partial charge in [-0.1, -0.05) is 6.07 Å². The van der Waals surface area contributed by atoms with E-state index in [2.05, 4.69) is 25.8 Å². The summed E-state index contributed by atoms with van der Waals surface area (Å²) < 4.78 is 38.5. The van der Waals surface area contributed by atoms with E-state index in [1.54, 1.807) is 6.20 Å². The van der Waals surface area contributed by atoms with Gasteiger partial charge < -0.3 is 16.0 Å². The third-order valence-electron chi connectivity index (χ3n) is 6.89. The average Bonchev–Trinajstić information content (AvgIpc) is 2.84. The number of likely N-dealkylation sites (tertiary alicyclic amines) is 1. The van der Waals surface area contributed by atoms with Crippen molar-refractivity contribution >= 4 is 23.4 Å². The highest BCUT2D eigenvalue weighted by Crippen LogP contribution is 2.37. The molecule has 2 aromatic rings. The normalized spacial score (nSPS) is 20.5. The fourth-order valence-electron chi connectivity index (χ4n) is 5.03. The zero-order chi connectivity index (χ0) is 26.6. The van der Waals surface area contributed by atoms with Crippen molar-refractivity contribution in [3.8, 4) is 0 Å². The summed E-state index contributed by atoms with van der Waals surface area (Å²) in [7, 11) is 0. The molecular weight excluding hydrogens is 487 g/mol. The number of benzene rings is 1. The third kappa shape index (κ3) is 6.85. The third-order valence-corrected chi connectivity index (χ3v) is 6.89. The van der Waals surface area contributed by atoms with Gasteiger partial charge in [-0.3, -0.25) is 24.3 Å². The maximum absolute atomic E-state index is 12.8. The number of nitrogens with zero attached hydrogens (tertiary/aromatic N) is 2. The van der Waals surface area contributed by atoms with Crippen LogP contribution in [0.3, 0.4) is 0 Å². The van der Waals surface area contributed by atoms with Crippen LogP contribution in [0.4, 0.5) is 18.9 Å². The fraction of sp³-hybridized carbons (Fsp3) is 0.462. The highest BCUT2D eigenvalue weighted by Gasteiger charge is 2.36. The Morgan fingerprint density at radius 1 is 1.05 bits per heavy atom. The second kappa shape index (κ2) is 11.3. The number of nitrogens with one attached hydrogen (secondary N) is 3. The van der Waals surface area contributed by atoms with Crippen molar-refractivity contribution in [2.45, 2.75) is 56.8 Å². The quantitative estimate of drug-likeness (QED) is 0.523. The minimum atomic E-state index is -4.54. The largest absolute Gasteiger partial charge is 0.416 e. The molecule has 2 aliphatic rings. The standard InChI is InChI=1S/C26H30F3N5O3/c1-16(35)32-22-6-3-11-30-24(22)17-7-9-21(10-8-17)34-14-20(15-34)33-23(36)13-31-25(37)18-4-2-5-19(12-18)26(27,28)29/h2-6,11-12,17,20-21H,7-10,13-15H2,1H3,(H,31,37)(H,32,35)(H,33,36)/t17-,21+. The van der Waals surface area contributed by atoms with Crippen LogP contribution < -0.4 is 16.0 Å². The number of hydrogen-bond donors (Lipinski definition) is 3. The van der Waals surface area contributed by atoms with E-state index in [4.69, 9.17) is 0 Å². The molecule has 2 fully saturated rings. The van der Waals surface area contributed by atoms with E-state index in [-0.39, 0.29) is 35.9 Å². The molecule has 0 unspecified atom stereocenters. The van der Waals surface area contributed by atoms with Crippen molar-refractivity contribution in [1.29, 1.82) is 0 Å². The van der Waals surface area contributed by atoms with E-state index in [1.807, 2.05) is 12.1 Å². The first kappa shape index (κ1) is 26.6. The van der Waals surface area contributed by atoms with Crippen molar-refractivity contribution in [1.82, 2.24) is 20.5 Å². The van der Waals surface area contributed by atoms with Crippen LogP contribution in [-0.4, -0.2) is 59.3 Å². The molecular formula is C26H30F3N5O3. The van der Waals surface area contributed by atoms with Crippen LogP contribution in [0.25, 0.3) is 0 Å². The van der Waals surface area contributed by atoms with Crippen molar-refractivity contribution in [2.24, 2.45) is 0 Å². The maximum Gasteiger partial charge on any atom is 0.416 e. The number of rotatable bonds is 7. The summed E-state index contributed by atoms with van der Waals surface area (Å²) in [4.78, 5) is 42.7. The van der Waals surface area contributed by atoms with Crippen LogP contribution in [0.1, 0.15) is 60.1 Å².